The van der Waals surface area contributed by atoms with Crippen LogP contribution in [0.15, 0.2) is 5.51 Å². The summed E-state index contributed by atoms with van der Waals surface area (Å²) in [7, 11) is 0. The van der Waals surface area contributed by atoms with Gasteiger partial charge in [-0.15, -0.1) is 11.3 Å². The van der Waals surface area contributed by atoms with Gasteiger partial charge in [-0.1, -0.05) is 6.42 Å². The predicted molar refractivity (Wildman–Crippen MR) is 67.4 cm³/mol. The fraction of sp³-hybridized carbons (Fsp3) is 0.667. The molecule has 0 saturated carbocycles. The van der Waals surface area contributed by atoms with Crippen LogP contribution in [-0.4, -0.2) is 33.0 Å². The summed E-state index contributed by atoms with van der Waals surface area (Å²) in [6.07, 6.45) is 3.67. The molecule has 0 aromatic carbocycles. The Bertz CT molecular complexity index is 395. The molecule has 17 heavy (non-hydrogen) atoms. The number of hydrogen-bond donors (Lipinski definition) is 1. The fourth-order valence-electron chi connectivity index (χ4n) is 2.51. The van der Waals surface area contributed by atoms with Gasteiger partial charge in [-0.3, -0.25) is 4.90 Å². The lowest BCUT2D eigenvalue weighted by atomic mass is 9.97. The summed E-state index contributed by atoms with van der Waals surface area (Å²) in [5, 5.41) is 9.04. The summed E-state index contributed by atoms with van der Waals surface area (Å²) in [6.45, 7) is 5.16. The highest BCUT2D eigenvalue weighted by Crippen LogP contribution is 2.26. The third-order valence-corrected chi connectivity index (χ3v) is 4.36. The van der Waals surface area contributed by atoms with Gasteiger partial charge in [-0.05, 0) is 26.7 Å². The average Bonchev–Trinajstić information content (AvgIpc) is 2.72. The zero-order chi connectivity index (χ0) is 12.4. The molecule has 1 N–H and O–H groups in total. The predicted octanol–water partition coefficient (Wildman–Crippen LogP) is 2.60. The maximum atomic E-state index is 11.0. The smallest absolute Gasteiger partial charge is 0.355 e. The summed E-state index contributed by atoms with van der Waals surface area (Å²) in [6, 6.07) is 1.06. The van der Waals surface area contributed by atoms with Crippen LogP contribution in [0.1, 0.15) is 48.5 Å². The van der Waals surface area contributed by atoms with E-state index in [0.29, 0.717) is 18.6 Å². The van der Waals surface area contributed by atoms with Gasteiger partial charge in [0.15, 0.2) is 5.69 Å². The van der Waals surface area contributed by atoms with E-state index in [1.165, 1.54) is 30.6 Å². The van der Waals surface area contributed by atoms with Crippen LogP contribution in [0, 0.1) is 0 Å². The maximum Gasteiger partial charge on any atom is 0.355 e. The van der Waals surface area contributed by atoms with Crippen molar-refractivity contribution in [2.24, 2.45) is 0 Å². The molecular weight excluding hydrogens is 236 g/mol. The molecule has 0 bridgehead atoms. The standard InChI is InChI=1S/C12H18N2O2S/c1-8-4-3-5-9(2)14(8)6-10-11(12(15)16)13-7-17-10/h7-9H,3-6H2,1-2H3,(H,15,16). The van der Waals surface area contributed by atoms with Crippen molar-refractivity contribution >= 4 is 17.3 Å². The minimum Gasteiger partial charge on any atom is -0.476 e. The Morgan fingerprint density at radius 2 is 2.18 bits per heavy atom. The molecule has 0 aliphatic carbocycles. The van der Waals surface area contributed by atoms with Gasteiger partial charge in [0, 0.05) is 18.6 Å². The van der Waals surface area contributed by atoms with E-state index in [-0.39, 0.29) is 5.69 Å². The zero-order valence-electron chi connectivity index (χ0n) is 10.2. The first-order valence-electron chi connectivity index (χ1n) is 6.01. The van der Waals surface area contributed by atoms with E-state index in [4.69, 9.17) is 5.11 Å². The van der Waals surface area contributed by atoms with Crippen molar-refractivity contribution in [1.82, 2.24) is 9.88 Å². The number of hydrogen-bond acceptors (Lipinski definition) is 4. The molecule has 0 spiro atoms. The monoisotopic (exact) mass is 254 g/mol. The van der Waals surface area contributed by atoms with Crippen molar-refractivity contribution in [1.29, 1.82) is 0 Å². The molecule has 1 fully saturated rings. The summed E-state index contributed by atoms with van der Waals surface area (Å²) >= 11 is 1.44. The van der Waals surface area contributed by atoms with Crippen LogP contribution in [0.4, 0.5) is 0 Å². The highest BCUT2D eigenvalue weighted by molar-refractivity contribution is 7.09. The first kappa shape index (κ1) is 12.5. The highest BCUT2D eigenvalue weighted by atomic mass is 32.1. The van der Waals surface area contributed by atoms with Crippen LogP contribution >= 0.6 is 11.3 Å². The van der Waals surface area contributed by atoms with Crippen LogP contribution in [0.25, 0.3) is 0 Å². The number of likely N-dealkylation sites (tertiary alicyclic amines) is 1. The lowest BCUT2D eigenvalue weighted by molar-refractivity contribution is 0.0681. The summed E-state index contributed by atoms with van der Waals surface area (Å²) in [5.74, 6) is -0.918. The lowest BCUT2D eigenvalue weighted by Crippen LogP contribution is -2.43. The topological polar surface area (TPSA) is 53.4 Å². The van der Waals surface area contributed by atoms with Crippen LogP contribution in [-0.2, 0) is 6.54 Å². The molecule has 1 aliphatic rings. The number of thiazole rings is 1. The first-order valence-corrected chi connectivity index (χ1v) is 6.89. The lowest BCUT2D eigenvalue weighted by Gasteiger charge is -2.38. The van der Waals surface area contributed by atoms with E-state index >= 15 is 0 Å². The van der Waals surface area contributed by atoms with Gasteiger partial charge in [-0.2, -0.15) is 0 Å². The van der Waals surface area contributed by atoms with Gasteiger partial charge in [0.1, 0.15) is 0 Å². The van der Waals surface area contributed by atoms with Crippen molar-refractivity contribution in [3.8, 4) is 0 Å². The van der Waals surface area contributed by atoms with E-state index in [9.17, 15) is 4.79 Å². The van der Waals surface area contributed by atoms with Crippen LogP contribution in [0.2, 0.25) is 0 Å². The van der Waals surface area contributed by atoms with Crippen LogP contribution in [0.3, 0.4) is 0 Å². The number of carboxylic acids is 1. The molecule has 1 aromatic heterocycles. The molecular formula is C12H18N2O2S. The van der Waals surface area contributed by atoms with Crippen molar-refractivity contribution in [3.05, 3.63) is 16.1 Å². The molecule has 2 heterocycles. The minimum absolute atomic E-state index is 0.222. The molecule has 0 radical (unpaired) electrons. The fourth-order valence-corrected chi connectivity index (χ4v) is 3.27. The van der Waals surface area contributed by atoms with Crippen LogP contribution < -0.4 is 0 Å². The van der Waals surface area contributed by atoms with E-state index < -0.39 is 5.97 Å². The second-order valence-electron chi connectivity index (χ2n) is 4.73. The van der Waals surface area contributed by atoms with Gasteiger partial charge >= 0.3 is 5.97 Å². The quantitative estimate of drug-likeness (QED) is 0.901. The number of rotatable bonds is 3. The molecule has 1 saturated heterocycles. The largest absolute Gasteiger partial charge is 0.476 e. The molecule has 2 rings (SSSR count). The molecule has 1 aromatic rings. The van der Waals surface area contributed by atoms with E-state index in [0.717, 1.165) is 4.88 Å². The Hall–Kier alpha value is -0.940. The number of carbonyl (C=O) groups is 1. The third-order valence-electron chi connectivity index (χ3n) is 3.55. The number of aromatic nitrogens is 1. The Morgan fingerprint density at radius 1 is 1.53 bits per heavy atom. The molecule has 4 nitrogen and oxygen atoms in total. The summed E-state index contributed by atoms with van der Waals surface area (Å²) in [4.78, 5) is 18.2. The number of carboxylic acid groups (broad SMARTS) is 1. The molecule has 1 aliphatic heterocycles. The Labute approximate surface area is 105 Å². The molecule has 2 atom stereocenters. The first-order chi connectivity index (χ1) is 8.09. The zero-order valence-corrected chi connectivity index (χ0v) is 11.0. The highest BCUT2D eigenvalue weighted by Gasteiger charge is 2.26. The van der Waals surface area contributed by atoms with Gasteiger partial charge < -0.3 is 5.11 Å². The second kappa shape index (κ2) is 5.14. The summed E-state index contributed by atoms with van der Waals surface area (Å²) in [5.41, 5.74) is 1.85. The van der Waals surface area contributed by atoms with Gasteiger partial charge in [0.2, 0.25) is 0 Å². The van der Waals surface area contributed by atoms with E-state index in [2.05, 4.69) is 23.7 Å². The van der Waals surface area contributed by atoms with Crippen molar-refractivity contribution in [2.75, 3.05) is 0 Å². The number of aromatic carboxylic acids is 1. The Morgan fingerprint density at radius 3 is 2.76 bits per heavy atom. The molecule has 5 heteroatoms. The third kappa shape index (κ3) is 2.66. The number of nitrogens with zero attached hydrogens (tertiary/aromatic N) is 2. The van der Waals surface area contributed by atoms with Crippen molar-refractivity contribution in [3.63, 3.8) is 0 Å². The van der Waals surface area contributed by atoms with Crippen LogP contribution in [0.5, 0.6) is 0 Å². The van der Waals surface area contributed by atoms with Gasteiger partial charge in [-0.25, -0.2) is 9.78 Å². The number of piperidine rings is 1. The van der Waals surface area contributed by atoms with Gasteiger partial charge in [0.25, 0.3) is 0 Å². The normalized spacial score (nSPS) is 26.0. The van der Waals surface area contributed by atoms with Crippen molar-refractivity contribution in [2.45, 2.75) is 51.7 Å². The Kier molecular flexibility index (Phi) is 3.79. The Balaban J connectivity index is 2.13. The average molecular weight is 254 g/mol. The molecule has 94 valence electrons. The molecule has 0 amide bonds. The molecule has 2 unspecified atom stereocenters. The summed E-state index contributed by atoms with van der Waals surface area (Å²) < 4.78 is 0. The SMILES string of the molecule is CC1CCCC(C)N1Cc1scnc1C(=O)O. The van der Waals surface area contributed by atoms with E-state index in [1.807, 2.05) is 0 Å². The van der Waals surface area contributed by atoms with Gasteiger partial charge in [0.05, 0.1) is 10.4 Å². The minimum atomic E-state index is -0.918. The van der Waals surface area contributed by atoms with E-state index in [1.54, 1.807) is 5.51 Å². The van der Waals surface area contributed by atoms with Crippen molar-refractivity contribution < 1.29 is 9.90 Å². The second-order valence-corrected chi connectivity index (χ2v) is 5.67. The maximum absolute atomic E-state index is 11.0.